The second-order valence-corrected chi connectivity index (χ2v) is 9.52. The molecule has 0 spiro atoms. The molecular formula is C29H31N3O4. The number of hydrogen-bond donors (Lipinski definition) is 1. The van der Waals surface area contributed by atoms with E-state index in [1.807, 2.05) is 62.1 Å². The highest BCUT2D eigenvalue weighted by Gasteiger charge is 2.36. The molecule has 0 radical (unpaired) electrons. The predicted octanol–water partition coefficient (Wildman–Crippen LogP) is 5.00. The first-order chi connectivity index (χ1) is 17.4. The first-order valence-corrected chi connectivity index (χ1v) is 12.3. The number of anilines is 2. The van der Waals surface area contributed by atoms with Crippen molar-refractivity contribution in [1.82, 2.24) is 5.32 Å². The number of hydrogen-bond acceptors (Lipinski definition) is 4. The number of aryl methyl sites for hydroxylation is 1. The summed E-state index contributed by atoms with van der Waals surface area (Å²) >= 11 is 0. The third kappa shape index (κ3) is 4.37. The van der Waals surface area contributed by atoms with Crippen molar-refractivity contribution in [3.8, 4) is 11.5 Å². The molecule has 1 fully saturated rings. The van der Waals surface area contributed by atoms with Crippen LogP contribution in [-0.2, 0) is 11.2 Å². The van der Waals surface area contributed by atoms with E-state index < -0.39 is 0 Å². The fourth-order valence-corrected chi connectivity index (χ4v) is 4.94. The number of carbonyl (C=O) groups excluding carboxylic acids is 2. The number of carbonyl (C=O) groups is 2. The highest BCUT2D eigenvalue weighted by atomic mass is 16.5. The van der Waals surface area contributed by atoms with Crippen LogP contribution in [0.3, 0.4) is 0 Å². The van der Waals surface area contributed by atoms with Crippen molar-refractivity contribution in [2.45, 2.75) is 39.3 Å². The predicted molar refractivity (Wildman–Crippen MR) is 140 cm³/mol. The number of ether oxygens (including phenoxy) is 2. The average Bonchev–Trinajstić information content (AvgIpc) is 3.29. The van der Waals surface area contributed by atoms with Crippen LogP contribution in [-0.4, -0.2) is 38.2 Å². The summed E-state index contributed by atoms with van der Waals surface area (Å²) in [5, 5.41) is 2.83. The Labute approximate surface area is 211 Å². The molecular weight excluding hydrogens is 454 g/mol. The topological polar surface area (TPSA) is 71.1 Å². The molecule has 0 saturated carbocycles. The van der Waals surface area contributed by atoms with Crippen LogP contribution in [0.15, 0.2) is 60.7 Å². The highest BCUT2D eigenvalue weighted by Crippen LogP contribution is 2.43. The van der Waals surface area contributed by atoms with Gasteiger partial charge in [-0.3, -0.25) is 9.69 Å². The molecule has 7 nitrogen and oxygen atoms in total. The van der Waals surface area contributed by atoms with Gasteiger partial charge in [0.15, 0.2) is 11.5 Å². The summed E-state index contributed by atoms with van der Waals surface area (Å²) < 4.78 is 11.7. The Morgan fingerprint density at radius 1 is 0.944 bits per heavy atom. The van der Waals surface area contributed by atoms with Crippen LogP contribution in [0.5, 0.6) is 11.5 Å². The average molecular weight is 486 g/mol. The molecule has 2 aliphatic rings. The molecule has 7 heteroatoms. The van der Waals surface area contributed by atoms with E-state index >= 15 is 0 Å². The van der Waals surface area contributed by atoms with Crippen LogP contribution in [0.25, 0.3) is 0 Å². The summed E-state index contributed by atoms with van der Waals surface area (Å²) in [6.45, 7) is 7.26. The molecule has 3 aromatic rings. The van der Waals surface area contributed by atoms with Gasteiger partial charge >= 0.3 is 6.03 Å². The minimum atomic E-state index is -0.330. The third-order valence-electron chi connectivity index (χ3n) is 6.64. The van der Waals surface area contributed by atoms with Gasteiger partial charge < -0.3 is 19.7 Å². The van der Waals surface area contributed by atoms with Gasteiger partial charge in [-0.25, -0.2) is 4.79 Å². The molecule has 2 aliphatic heterocycles. The Morgan fingerprint density at radius 2 is 1.64 bits per heavy atom. The van der Waals surface area contributed by atoms with Gasteiger partial charge in [-0.1, -0.05) is 29.8 Å². The summed E-state index contributed by atoms with van der Waals surface area (Å²) in [6.07, 6.45) is 0.234. The standard InChI is InChI=1S/C29H31N3O4/c1-18(2)36-26-17-24-21(15-25(26)35-4)16-27(33)32(28(24)20-7-5-19(3)6-8-20)23-11-9-22(10-12-23)31-14-13-30-29(31)34/h5-12,15,17-18,28H,13-14,16H2,1-4H3,(H,30,34). The van der Waals surface area contributed by atoms with Crippen molar-refractivity contribution in [1.29, 1.82) is 0 Å². The molecule has 3 amide bonds. The summed E-state index contributed by atoms with van der Waals surface area (Å²) in [4.78, 5) is 29.3. The zero-order valence-electron chi connectivity index (χ0n) is 21.1. The van der Waals surface area contributed by atoms with E-state index in [2.05, 4.69) is 29.6 Å². The minimum Gasteiger partial charge on any atom is -0.493 e. The molecule has 0 bridgehead atoms. The Hall–Kier alpha value is -4.00. The first-order valence-electron chi connectivity index (χ1n) is 12.3. The minimum absolute atomic E-state index is 0.000628. The quantitative estimate of drug-likeness (QED) is 0.534. The Morgan fingerprint density at radius 3 is 2.25 bits per heavy atom. The molecule has 1 saturated heterocycles. The van der Waals surface area contributed by atoms with Crippen LogP contribution < -0.4 is 24.6 Å². The lowest BCUT2D eigenvalue weighted by molar-refractivity contribution is -0.118. The molecule has 186 valence electrons. The Kier molecular flexibility index (Phi) is 6.31. The van der Waals surface area contributed by atoms with Gasteiger partial charge in [-0.15, -0.1) is 0 Å². The molecule has 1 N–H and O–H groups in total. The molecule has 36 heavy (non-hydrogen) atoms. The maximum Gasteiger partial charge on any atom is 0.321 e. The van der Waals surface area contributed by atoms with Crippen LogP contribution in [0.2, 0.25) is 0 Å². The van der Waals surface area contributed by atoms with Crippen LogP contribution in [0.4, 0.5) is 16.2 Å². The van der Waals surface area contributed by atoms with E-state index in [0.29, 0.717) is 24.6 Å². The fourth-order valence-electron chi connectivity index (χ4n) is 4.94. The maximum absolute atomic E-state index is 13.6. The molecule has 5 rings (SSSR count). The molecule has 1 atom stereocenters. The van der Waals surface area contributed by atoms with Gasteiger partial charge in [-0.05, 0) is 73.9 Å². The maximum atomic E-state index is 13.6. The van der Waals surface area contributed by atoms with Crippen LogP contribution in [0, 0.1) is 6.92 Å². The number of fused-ring (bicyclic) bond motifs is 1. The first kappa shape index (κ1) is 23.7. The Bertz CT molecular complexity index is 1290. The second-order valence-electron chi connectivity index (χ2n) is 9.52. The van der Waals surface area contributed by atoms with Crippen molar-refractivity contribution in [2.24, 2.45) is 0 Å². The van der Waals surface area contributed by atoms with Crippen molar-refractivity contribution >= 4 is 23.3 Å². The zero-order chi connectivity index (χ0) is 25.4. The summed E-state index contributed by atoms with van der Waals surface area (Å²) in [6, 6.07) is 19.4. The van der Waals surface area contributed by atoms with E-state index in [-0.39, 0.29) is 30.5 Å². The molecule has 3 aromatic carbocycles. The SMILES string of the molecule is COc1cc2c(cc1OC(C)C)C(c1ccc(C)cc1)N(c1ccc(N3CCNC3=O)cc1)C(=O)C2. The number of amides is 3. The van der Waals surface area contributed by atoms with E-state index in [1.165, 1.54) is 0 Å². The smallest absolute Gasteiger partial charge is 0.321 e. The molecule has 2 heterocycles. The van der Waals surface area contributed by atoms with E-state index in [4.69, 9.17) is 9.47 Å². The third-order valence-corrected chi connectivity index (χ3v) is 6.64. The van der Waals surface area contributed by atoms with Gasteiger partial charge in [-0.2, -0.15) is 0 Å². The number of nitrogens with one attached hydrogen (secondary N) is 1. The second kappa shape index (κ2) is 9.57. The van der Waals surface area contributed by atoms with Gasteiger partial charge in [0, 0.05) is 24.5 Å². The summed E-state index contributed by atoms with van der Waals surface area (Å²) in [5.74, 6) is 1.28. The molecule has 0 aliphatic carbocycles. The lowest BCUT2D eigenvalue weighted by Gasteiger charge is -2.38. The van der Waals surface area contributed by atoms with Crippen LogP contribution >= 0.6 is 0 Å². The Balaban J connectivity index is 1.62. The van der Waals surface area contributed by atoms with Crippen molar-refractivity contribution in [2.75, 3.05) is 30.0 Å². The van der Waals surface area contributed by atoms with Gasteiger partial charge in [0.05, 0.1) is 25.7 Å². The lowest BCUT2D eigenvalue weighted by Crippen LogP contribution is -2.41. The summed E-state index contributed by atoms with van der Waals surface area (Å²) in [7, 11) is 1.62. The van der Waals surface area contributed by atoms with Crippen molar-refractivity contribution in [3.05, 3.63) is 82.9 Å². The van der Waals surface area contributed by atoms with Crippen molar-refractivity contribution in [3.63, 3.8) is 0 Å². The van der Waals surface area contributed by atoms with E-state index in [1.54, 1.807) is 12.0 Å². The normalized spacial score (nSPS) is 17.3. The lowest BCUT2D eigenvalue weighted by atomic mass is 9.86. The number of rotatable bonds is 6. The number of methoxy groups -OCH3 is 1. The summed E-state index contributed by atoms with van der Waals surface area (Å²) in [5.41, 5.74) is 5.70. The number of nitrogens with zero attached hydrogens (tertiary/aromatic N) is 2. The van der Waals surface area contributed by atoms with Gasteiger partial charge in [0.1, 0.15) is 0 Å². The van der Waals surface area contributed by atoms with Gasteiger partial charge in [0.25, 0.3) is 0 Å². The van der Waals surface area contributed by atoms with Gasteiger partial charge in [0.2, 0.25) is 5.91 Å². The molecule has 0 aromatic heterocycles. The van der Waals surface area contributed by atoms with E-state index in [9.17, 15) is 9.59 Å². The highest BCUT2D eigenvalue weighted by molar-refractivity contribution is 5.99. The van der Waals surface area contributed by atoms with Crippen molar-refractivity contribution < 1.29 is 19.1 Å². The number of urea groups is 1. The molecule has 1 unspecified atom stereocenters. The largest absolute Gasteiger partial charge is 0.493 e. The monoisotopic (exact) mass is 485 g/mol. The number of benzene rings is 3. The fraction of sp³-hybridized carbons (Fsp3) is 0.310. The van der Waals surface area contributed by atoms with Crippen LogP contribution in [0.1, 0.15) is 42.1 Å². The van der Waals surface area contributed by atoms with E-state index in [0.717, 1.165) is 33.6 Å². The zero-order valence-corrected chi connectivity index (χ0v) is 21.1.